The lowest BCUT2D eigenvalue weighted by Crippen LogP contribution is -2.55. The van der Waals surface area contributed by atoms with E-state index in [0.29, 0.717) is 31.5 Å². The molecular weight excluding hydrogens is 494 g/mol. The summed E-state index contributed by atoms with van der Waals surface area (Å²) >= 11 is 3.42. The van der Waals surface area contributed by atoms with Crippen molar-refractivity contribution in [3.8, 4) is 0 Å². The Morgan fingerprint density at radius 3 is 2.38 bits per heavy atom. The molecule has 0 aromatic heterocycles. The van der Waals surface area contributed by atoms with Crippen molar-refractivity contribution in [2.75, 3.05) is 13.1 Å². The van der Waals surface area contributed by atoms with E-state index in [4.69, 9.17) is 0 Å². The van der Waals surface area contributed by atoms with Gasteiger partial charge in [-0.15, -0.1) is 0 Å². The van der Waals surface area contributed by atoms with Crippen LogP contribution in [0.5, 0.6) is 0 Å². The second-order valence-corrected chi connectivity index (χ2v) is 11.6. The van der Waals surface area contributed by atoms with Gasteiger partial charge in [0.05, 0.1) is 11.4 Å². The van der Waals surface area contributed by atoms with Gasteiger partial charge in [0.2, 0.25) is 21.8 Å². The van der Waals surface area contributed by atoms with Gasteiger partial charge in [0.25, 0.3) is 0 Å². The molecule has 0 spiro atoms. The van der Waals surface area contributed by atoms with Crippen molar-refractivity contribution in [2.24, 2.45) is 0 Å². The smallest absolute Gasteiger partial charge is 0.242 e. The Kier molecular flexibility index (Phi) is 5.75. The van der Waals surface area contributed by atoms with Crippen LogP contribution in [0.3, 0.4) is 0 Å². The number of fused-ring (bicyclic) bond motifs is 3. The molecule has 3 fully saturated rings. The molecule has 3 aliphatic heterocycles. The minimum absolute atomic E-state index is 0.00690. The van der Waals surface area contributed by atoms with Gasteiger partial charge in [-0.05, 0) is 73.6 Å². The van der Waals surface area contributed by atoms with Crippen molar-refractivity contribution in [1.82, 2.24) is 14.5 Å². The molecule has 1 N–H and O–H groups in total. The van der Waals surface area contributed by atoms with E-state index < -0.39 is 16.1 Å². The maximum atomic E-state index is 13.0. The first-order valence-electron chi connectivity index (χ1n) is 11.1. The summed E-state index contributed by atoms with van der Waals surface area (Å²) in [5, 5.41) is 1.73. The standard InChI is InChI=1S/C23H26BrN3O4S/c24-17-5-3-16-13-20(10-4-15(16)12-17)32(30,31)25-21-2-1-11-26(23(21)29)14-22(28)27-18-6-7-19(27)9-8-18/h3-5,10,12-13,18-19,21,25H,1-2,6-9,11,14H2. The number of rotatable bonds is 5. The lowest BCUT2D eigenvalue weighted by Gasteiger charge is -2.34. The predicted octanol–water partition coefficient (Wildman–Crippen LogP) is 3.03. The van der Waals surface area contributed by atoms with E-state index in [9.17, 15) is 18.0 Å². The minimum atomic E-state index is -3.87. The number of nitrogens with one attached hydrogen (secondary N) is 1. The fourth-order valence-corrected chi connectivity index (χ4v) is 7.03. The van der Waals surface area contributed by atoms with E-state index in [1.807, 2.05) is 23.1 Å². The Labute approximate surface area is 196 Å². The number of hydrogen-bond donors (Lipinski definition) is 1. The number of amides is 2. The van der Waals surface area contributed by atoms with Crippen LogP contribution < -0.4 is 4.72 Å². The summed E-state index contributed by atoms with van der Waals surface area (Å²) in [6.07, 6.45) is 5.29. The van der Waals surface area contributed by atoms with Gasteiger partial charge in [0.15, 0.2) is 0 Å². The number of likely N-dealkylation sites (tertiary alicyclic amines) is 1. The van der Waals surface area contributed by atoms with Gasteiger partial charge in [-0.1, -0.05) is 28.1 Å². The lowest BCUT2D eigenvalue weighted by molar-refractivity contribution is -0.143. The van der Waals surface area contributed by atoms with Crippen molar-refractivity contribution in [2.45, 2.75) is 61.5 Å². The normalized spacial score (nSPS) is 25.7. The van der Waals surface area contributed by atoms with E-state index in [2.05, 4.69) is 20.7 Å². The summed E-state index contributed by atoms with van der Waals surface area (Å²) in [6.45, 7) is 0.520. The van der Waals surface area contributed by atoms with Crippen LogP contribution in [0.25, 0.3) is 10.8 Å². The summed E-state index contributed by atoms with van der Waals surface area (Å²) in [6, 6.07) is 10.3. The molecule has 5 rings (SSSR count). The number of carbonyl (C=O) groups excluding carboxylic acids is 2. The van der Waals surface area contributed by atoms with Crippen molar-refractivity contribution in [1.29, 1.82) is 0 Å². The SMILES string of the molecule is O=C1C(NS(=O)(=O)c2ccc3cc(Br)ccc3c2)CCCN1CC(=O)N1C2CCC1CC2. The summed E-state index contributed by atoms with van der Waals surface area (Å²) in [5.74, 6) is -0.322. The molecular formula is C23H26BrN3O4S. The largest absolute Gasteiger partial charge is 0.335 e. The monoisotopic (exact) mass is 519 g/mol. The molecule has 1 unspecified atom stereocenters. The van der Waals surface area contributed by atoms with Crippen LogP contribution in [0.1, 0.15) is 38.5 Å². The van der Waals surface area contributed by atoms with Gasteiger partial charge < -0.3 is 9.80 Å². The Morgan fingerprint density at radius 2 is 1.66 bits per heavy atom. The highest BCUT2D eigenvalue weighted by molar-refractivity contribution is 9.10. The molecule has 2 aromatic rings. The van der Waals surface area contributed by atoms with Crippen molar-refractivity contribution < 1.29 is 18.0 Å². The van der Waals surface area contributed by atoms with E-state index in [1.165, 1.54) is 4.90 Å². The van der Waals surface area contributed by atoms with Gasteiger partial charge in [-0.25, -0.2) is 8.42 Å². The molecule has 2 bridgehead atoms. The van der Waals surface area contributed by atoms with E-state index >= 15 is 0 Å². The third-order valence-electron chi connectivity index (χ3n) is 6.98. The molecule has 0 aliphatic carbocycles. The Hall–Kier alpha value is -1.97. The molecule has 170 valence electrons. The average molecular weight is 520 g/mol. The fraction of sp³-hybridized carbons (Fsp3) is 0.478. The molecule has 3 heterocycles. The Bertz CT molecular complexity index is 1160. The van der Waals surface area contributed by atoms with Crippen LogP contribution in [0, 0.1) is 0 Å². The first-order chi connectivity index (χ1) is 15.3. The topological polar surface area (TPSA) is 86.8 Å². The number of benzene rings is 2. The van der Waals surface area contributed by atoms with E-state index in [-0.39, 0.29) is 23.3 Å². The molecule has 3 saturated heterocycles. The number of nitrogens with zero attached hydrogens (tertiary/aromatic N) is 2. The van der Waals surface area contributed by atoms with Gasteiger partial charge >= 0.3 is 0 Å². The third kappa shape index (κ3) is 4.06. The number of sulfonamides is 1. The lowest BCUT2D eigenvalue weighted by atomic mass is 10.0. The number of halogens is 1. The molecule has 7 nitrogen and oxygen atoms in total. The first-order valence-corrected chi connectivity index (χ1v) is 13.4. The molecule has 9 heteroatoms. The van der Waals surface area contributed by atoms with Crippen LogP contribution in [-0.2, 0) is 19.6 Å². The van der Waals surface area contributed by atoms with Crippen molar-refractivity contribution in [3.05, 3.63) is 40.9 Å². The zero-order chi connectivity index (χ0) is 22.5. The molecule has 0 radical (unpaired) electrons. The number of piperidine rings is 1. The maximum absolute atomic E-state index is 13.0. The first kappa shape index (κ1) is 21.9. The summed E-state index contributed by atoms with van der Waals surface area (Å²) in [5.41, 5.74) is 0. The number of hydrogen-bond acceptors (Lipinski definition) is 4. The van der Waals surface area contributed by atoms with Gasteiger partial charge in [-0.3, -0.25) is 9.59 Å². The molecule has 32 heavy (non-hydrogen) atoms. The second-order valence-electron chi connectivity index (χ2n) is 8.99. The average Bonchev–Trinajstić information content (AvgIpc) is 3.37. The summed E-state index contributed by atoms with van der Waals surface area (Å²) in [7, 11) is -3.87. The Balaban J connectivity index is 1.28. The highest BCUT2D eigenvalue weighted by atomic mass is 79.9. The van der Waals surface area contributed by atoms with Crippen molar-refractivity contribution >= 4 is 48.5 Å². The summed E-state index contributed by atoms with van der Waals surface area (Å²) in [4.78, 5) is 29.5. The predicted molar refractivity (Wildman–Crippen MR) is 124 cm³/mol. The van der Waals surface area contributed by atoms with Crippen LogP contribution >= 0.6 is 15.9 Å². The molecule has 1 atom stereocenters. The third-order valence-corrected chi connectivity index (χ3v) is 8.94. The zero-order valence-corrected chi connectivity index (χ0v) is 20.1. The van der Waals surface area contributed by atoms with Crippen LogP contribution in [0.15, 0.2) is 45.8 Å². The highest BCUT2D eigenvalue weighted by Crippen LogP contribution is 2.37. The molecule has 2 aromatic carbocycles. The minimum Gasteiger partial charge on any atom is -0.335 e. The number of carbonyl (C=O) groups is 2. The van der Waals surface area contributed by atoms with Crippen LogP contribution in [0.2, 0.25) is 0 Å². The fourth-order valence-electron chi connectivity index (χ4n) is 5.39. The van der Waals surface area contributed by atoms with Gasteiger partial charge in [0, 0.05) is 23.1 Å². The molecule has 3 aliphatic rings. The summed E-state index contributed by atoms with van der Waals surface area (Å²) < 4.78 is 29.6. The molecule has 0 saturated carbocycles. The Morgan fingerprint density at radius 1 is 1.00 bits per heavy atom. The van der Waals surface area contributed by atoms with Crippen LogP contribution in [-0.4, -0.2) is 61.2 Å². The molecule has 2 amide bonds. The zero-order valence-electron chi connectivity index (χ0n) is 17.7. The van der Waals surface area contributed by atoms with Gasteiger partial charge in [-0.2, -0.15) is 4.72 Å². The second kappa shape index (κ2) is 8.43. The van der Waals surface area contributed by atoms with Crippen LogP contribution in [0.4, 0.5) is 0 Å². The maximum Gasteiger partial charge on any atom is 0.242 e. The van der Waals surface area contributed by atoms with Gasteiger partial charge in [0.1, 0.15) is 6.04 Å². The highest BCUT2D eigenvalue weighted by Gasteiger charge is 2.43. The van der Waals surface area contributed by atoms with Crippen molar-refractivity contribution in [3.63, 3.8) is 0 Å². The quantitative estimate of drug-likeness (QED) is 0.657. The van der Waals surface area contributed by atoms with E-state index in [0.717, 1.165) is 40.9 Å². The van der Waals surface area contributed by atoms with E-state index in [1.54, 1.807) is 18.2 Å².